The number of nitrogens with one attached hydrogen (secondary N) is 1. The topological polar surface area (TPSA) is 78.7 Å². The number of hydrogen-bond acceptors (Lipinski definition) is 4. The van der Waals surface area contributed by atoms with Crippen LogP contribution in [0.15, 0.2) is 18.2 Å². The van der Waals surface area contributed by atoms with Crippen molar-refractivity contribution >= 4 is 47.4 Å². The fourth-order valence-electron chi connectivity index (χ4n) is 4.51. The molecule has 174 valence electrons. The van der Waals surface area contributed by atoms with Crippen molar-refractivity contribution < 1.29 is 9.59 Å². The van der Waals surface area contributed by atoms with Crippen LogP contribution in [0.25, 0.3) is 0 Å². The normalized spacial score (nSPS) is 25.1. The van der Waals surface area contributed by atoms with E-state index in [1.165, 1.54) is 0 Å². The van der Waals surface area contributed by atoms with Crippen LogP contribution in [0.1, 0.15) is 45.6 Å². The molecule has 2 fully saturated rings. The van der Waals surface area contributed by atoms with E-state index in [0.29, 0.717) is 36.0 Å². The lowest BCUT2D eigenvalue weighted by Gasteiger charge is -2.33. The van der Waals surface area contributed by atoms with E-state index in [-0.39, 0.29) is 48.3 Å². The summed E-state index contributed by atoms with van der Waals surface area (Å²) in [6.07, 6.45) is 2.11. The van der Waals surface area contributed by atoms with E-state index in [0.717, 1.165) is 18.5 Å². The number of fused-ring (bicyclic) bond motifs is 1. The third kappa shape index (κ3) is 6.26. The van der Waals surface area contributed by atoms with Crippen LogP contribution in [0.5, 0.6) is 0 Å². The summed E-state index contributed by atoms with van der Waals surface area (Å²) in [7, 11) is 0. The van der Waals surface area contributed by atoms with Crippen molar-refractivity contribution in [1.29, 1.82) is 0 Å². The molecular weight excluding hydrogens is 459 g/mol. The predicted molar refractivity (Wildman–Crippen MR) is 128 cm³/mol. The number of halogens is 3. The molecule has 1 unspecified atom stereocenters. The van der Waals surface area contributed by atoms with Crippen LogP contribution >= 0.6 is 35.6 Å². The molecule has 2 aliphatic heterocycles. The Labute approximate surface area is 201 Å². The highest BCUT2D eigenvalue weighted by Crippen LogP contribution is 2.28. The molecule has 3 rings (SSSR count). The second-order valence-corrected chi connectivity index (χ2v) is 9.80. The highest BCUT2D eigenvalue weighted by atomic mass is 35.5. The molecule has 1 aromatic rings. The molecule has 4 atom stereocenters. The first kappa shape index (κ1) is 26.2. The predicted octanol–water partition coefficient (Wildman–Crippen LogP) is 3.47. The van der Waals surface area contributed by atoms with Crippen molar-refractivity contribution in [2.75, 3.05) is 13.1 Å². The second-order valence-electron chi connectivity index (χ2n) is 8.99. The van der Waals surface area contributed by atoms with Gasteiger partial charge in [0.05, 0.1) is 16.1 Å². The van der Waals surface area contributed by atoms with Gasteiger partial charge in [0.2, 0.25) is 11.8 Å². The van der Waals surface area contributed by atoms with E-state index >= 15 is 0 Å². The summed E-state index contributed by atoms with van der Waals surface area (Å²) in [5.74, 6) is 0.176. The van der Waals surface area contributed by atoms with Crippen LogP contribution in [0.2, 0.25) is 10.0 Å². The first-order chi connectivity index (χ1) is 14.2. The summed E-state index contributed by atoms with van der Waals surface area (Å²) in [6.45, 7) is 7.94. The third-order valence-electron chi connectivity index (χ3n) is 6.12. The molecule has 0 bridgehead atoms. The highest BCUT2D eigenvalue weighted by molar-refractivity contribution is 6.42. The quantitative estimate of drug-likeness (QED) is 0.639. The number of benzene rings is 1. The lowest BCUT2D eigenvalue weighted by atomic mass is 10.00. The molecule has 0 aliphatic carbocycles. The largest absolute Gasteiger partial charge is 0.350 e. The van der Waals surface area contributed by atoms with Crippen LogP contribution in [-0.2, 0) is 16.1 Å². The van der Waals surface area contributed by atoms with E-state index in [4.69, 9.17) is 28.9 Å². The van der Waals surface area contributed by atoms with E-state index in [2.05, 4.69) is 31.0 Å². The monoisotopic (exact) mass is 490 g/mol. The molecule has 2 amide bonds. The first-order valence-electron chi connectivity index (χ1n) is 10.7. The van der Waals surface area contributed by atoms with Gasteiger partial charge in [-0.3, -0.25) is 14.5 Å². The SMILES string of the molecule is CC(C)C[C@H](C(=O)NCc1ccc(Cl)c(Cl)c1)N1CCC(C)N2C[C@H](N)C[C@H]2C1=O.Cl. The molecule has 0 spiro atoms. The van der Waals surface area contributed by atoms with Gasteiger partial charge in [-0.15, -0.1) is 12.4 Å². The lowest BCUT2D eigenvalue weighted by molar-refractivity contribution is -0.143. The molecule has 6 nitrogen and oxygen atoms in total. The first-order valence-corrected chi connectivity index (χ1v) is 11.5. The number of carbonyl (C=O) groups excluding carboxylic acids is 2. The van der Waals surface area contributed by atoms with Gasteiger partial charge >= 0.3 is 0 Å². The smallest absolute Gasteiger partial charge is 0.243 e. The van der Waals surface area contributed by atoms with Gasteiger partial charge in [-0.25, -0.2) is 0 Å². The van der Waals surface area contributed by atoms with Crippen LogP contribution < -0.4 is 11.1 Å². The van der Waals surface area contributed by atoms with E-state index < -0.39 is 6.04 Å². The van der Waals surface area contributed by atoms with Crippen molar-refractivity contribution in [2.45, 2.75) is 70.7 Å². The molecule has 2 saturated heterocycles. The molecule has 2 aliphatic rings. The van der Waals surface area contributed by atoms with Gasteiger partial charge in [0.15, 0.2) is 0 Å². The summed E-state index contributed by atoms with van der Waals surface area (Å²) in [6, 6.07) is 4.86. The second kappa shape index (κ2) is 11.2. The Balaban J connectivity index is 0.00000341. The van der Waals surface area contributed by atoms with Crippen molar-refractivity contribution in [3.63, 3.8) is 0 Å². The lowest BCUT2D eigenvalue weighted by Crippen LogP contribution is -2.53. The molecule has 9 heteroatoms. The maximum atomic E-state index is 13.4. The van der Waals surface area contributed by atoms with Crippen LogP contribution in [0.4, 0.5) is 0 Å². The molecule has 0 radical (unpaired) electrons. The van der Waals surface area contributed by atoms with Gasteiger partial charge < -0.3 is 16.0 Å². The van der Waals surface area contributed by atoms with E-state index in [1.807, 2.05) is 6.07 Å². The van der Waals surface area contributed by atoms with Crippen LogP contribution in [0.3, 0.4) is 0 Å². The summed E-state index contributed by atoms with van der Waals surface area (Å²) in [5, 5.41) is 3.93. The van der Waals surface area contributed by atoms with Gasteiger partial charge in [-0.1, -0.05) is 43.1 Å². The maximum Gasteiger partial charge on any atom is 0.243 e. The average Bonchev–Trinajstić information content (AvgIpc) is 3.04. The molecule has 2 heterocycles. The zero-order valence-electron chi connectivity index (χ0n) is 18.3. The van der Waals surface area contributed by atoms with E-state index in [9.17, 15) is 9.59 Å². The number of nitrogens with zero attached hydrogens (tertiary/aromatic N) is 2. The zero-order valence-corrected chi connectivity index (χ0v) is 20.6. The Bertz CT molecular complexity index is 792. The van der Waals surface area contributed by atoms with Crippen molar-refractivity contribution in [3.05, 3.63) is 33.8 Å². The van der Waals surface area contributed by atoms with Gasteiger partial charge in [0.25, 0.3) is 0 Å². The van der Waals surface area contributed by atoms with Gasteiger partial charge in [-0.2, -0.15) is 0 Å². The van der Waals surface area contributed by atoms with Gasteiger partial charge in [0.1, 0.15) is 6.04 Å². The minimum atomic E-state index is -0.496. The van der Waals surface area contributed by atoms with Crippen molar-refractivity contribution in [3.8, 4) is 0 Å². The summed E-state index contributed by atoms with van der Waals surface area (Å²) in [4.78, 5) is 30.6. The Kier molecular flexibility index (Phi) is 9.46. The molecule has 0 saturated carbocycles. The average molecular weight is 492 g/mol. The number of amides is 2. The van der Waals surface area contributed by atoms with Crippen molar-refractivity contribution in [1.82, 2.24) is 15.1 Å². The summed E-state index contributed by atoms with van der Waals surface area (Å²) < 4.78 is 0. The maximum absolute atomic E-state index is 13.4. The van der Waals surface area contributed by atoms with Gasteiger partial charge in [-0.05, 0) is 49.8 Å². The fraction of sp³-hybridized carbons (Fsp3) is 0.636. The zero-order chi connectivity index (χ0) is 22.0. The van der Waals surface area contributed by atoms with Crippen molar-refractivity contribution in [2.24, 2.45) is 11.7 Å². The fourth-order valence-corrected chi connectivity index (χ4v) is 4.83. The van der Waals surface area contributed by atoms with Gasteiger partial charge in [0, 0.05) is 31.7 Å². The van der Waals surface area contributed by atoms with Crippen LogP contribution in [0, 0.1) is 5.92 Å². The molecule has 0 aromatic heterocycles. The Morgan fingerprint density at radius 2 is 2.00 bits per heavy atom. The molecular formula is C22H33Cl3N4O2. The Morgan fingerprint density at radius 1 is 1.29 bits per heavy atom. The van der Waals surface area contributed by atoms with E-state index in [1.54, 1.807) is 17.0 Å². The minimum absolute atomic E-state index is 0. The highest BCUT2D eigenvalue weighted by Gasteiger charge is 2.44. The summed E-state index contributed by atoms with van der Waals surface area (Å²) in [5.41, 5.74) is 7.02. The number of hydrogen-bond donors (Lipinski definition) is 2. The third-order valence-corrected chi connectivity index (χ3v) is 6.86. The van der Waals surface area contributed by atoms with Crippen LogP contribution in [-0.4, -0.2) is 58.9 Å². The minimum Gasteiger partial charge on any atom is -0.350 e. The number of nitrogens with two attached hydrogens (primary N) is 1. The molecule has 1 aromatic carbocycles. The summed E-state index contributed by atoms with van der Waals surface area (Å²) >= 11 is 12.1. The Morgan fingerprint density at radius 3 is 2.65 bits per heavy atom. The Hall–Kier alpha value is -1.05. The number of rotatable bonds is 6. The number of carbonyl (C=O) groups is 2. The molecule has 3 N–H and O–H groups in total. The standard InChI is InChI=1S/C22H32Cl2N4O2.ClH/c1-13(2)8-19(21(29)26-11-15-4-5-17(23)18(24)9-15)27-7-6-14(3)28-12-16(25)10-20(28)22(27)30;/h4-5,9,13-14,16,19-20H,6-8,10-12,25H2,1-3H3,(H,26,29);1H/t14?,16-,19-,20+;/m1./s1. The molecule has 31 heavy (non-hydrogen) atoms.